The number of nitrogens with two attached hydrogens (primary N) is 1. The summed E-state index contributed by atoms with van der Waals surface area (Å²) in [7, 11) is 1.55. The number of carbonyl (C=O) groups is 1. The monoisotopic (exact) mass is 339 g/mol. The van der Waals surface area contributed by atoms with Crippen LogP contribution in [-0.4, -0.2) is 24.7 Å². The molecule has 2 aromatic carbocycles. The average Bonchev–Trinajstić information content (AvgIpc) is 3.05. The molecule has 4 N–H and O–H groups in total. The molecule has 6 heteroatoms. The van der Waals surface area contributed by atoms with Gasteiger partial charge in [0, 0.05) is 34.4 Å². The predicted molar refractivity (Wildman–Crippen MR) is 98.7 cm³/mol. The van der Waals surface area contributed by atoms with Crippen molar-refractivity contribution in [1.29, 1.82) is 0 Å². The number of anilines is 2. The number of rotatable bonds is 6. The van der Waals surface area contributed by atoms with Crippen LogP contribution in [0, 0.1) is 0 Å². The number of carbonyl (C=O) groups excluding carboxylic acids is 1. The fourth-order valence-corrected chi connectivity index (χ4v) is 2.79. The number of esters is 1. The number of ether oxygens (including phenoxy) is 2. The van der Waals surface area contributed by atoms with Gasteiger partial charge in [-0.05, 0) is 25.1 Å². The third kappa shape index (κ3) is 3.38. The highest BCUT2D eigenvalue weighted by Gasteiger charge is 2.25. The summed E-state index contributed by atoms with van der Waals surface area (Å²) in [4.78, 5) is 15.7. The van der Waals surface area contributed by atoms with Crippen molar-refractivity contribution < 1.29 is 14.3 Å². The van der Waals surface area contributed by atoms with Gasteiger partial charge in [0.05, 0.1) is 19.4 Å². The minimum absolute atomic E-state index is 0.310. The van der Waals surface area contributed by atoms with Gasteiger partial charge in [0.25, 0.3) is 0 Å². The molecule has 130 valence electrons. The number of hydrogen-bond acceptors (Lipinski definition) is 5. The van der Waals surface area contributed by atoms with Crippen molar-refractivity contribution in [2.75, 3.05) is 24.8 Å². The molecule has 1 heterocycles. The molecule has 0 aliphatic heterocycles. The van der Waals surface area contributed by atoms with Gasteiger partial charge in [-0.25, -0.2) is 4.79 Å². The van der Waals surface area contributed by atoms with E-state index in [0.717, 1.165) is 22.2 Å². The molecule has 6 nitrogen and oxygen atoms in total. The molecule has 3 aromatic rings. The highest BCUT2D eigenvalue weighted by molar-refractivity contribution is 5.91. The number of H-pyrrole nitrogens is 1. The third-order valence-corrected chi connectivity index (χ3v) is 4.00. The number of nitrogen functional groups attached to an aromatic ring is 1. The number of nitrogens with one attached hydrogen (secondary N) is 2. The molecular weight excluding hydrogens is 318 g/mol. The minimum atomic E-state index is -0.649. The van der Waals surface area contributed by atoms with E-state index < -0.39 is 6.04 Å². The Morgan fingerprint density at radius 3 is 2.84 bits per heavy atom. The molecule has 1 unspecified atom stereocenters. The minimum Gasteiger partial charge on any atom is -0.495 e. The lowest BCUT2D eigenvalue weighted by atomic mass is 10.1. The van der Waals surface area contributed by atoms with Crippen LogP contribution in [0.3, 0.4) is 0 Å². The van der Waals surface area contributed by atoms with Crippen LogP contribution in [-0.2, 0) is 9.53 Å². The lowest BCUT2D eigenvalue weighted by Crippen LogP contribution is -2.23. The van der Waals surface area contributed by atoms with Crippen molar-refractivity contribution in [2.24, 2.45) is 0 Å². The van der Waals surface area contributed by atoms with Gasteiger partial charge in [0.15, 0.2) is 6.04 Å². The third-order valence-electron chi connectivity index (χ3n) is 4.00. The highest BCUT2D eigenvalue weighted by Crippen LogP contribution is 2.31. The van der Waals surface area contributed by atoms with Crippen molar-refractivity contribution in [3.8, 4) is 5.75 Å². The van der Waals surface area contributed by atoms with Crippen LogP contribution >= 0.6 is 0 Å². The molecule has 0 radical (unpaired) electrons. The predicted octanol–water partition coefficient (Wildman–Crippen LogP) is 3.48. The Morgan fingerprint density at radius 2 is 2.08 bits per heavy atom. The lowest BCUT2D eigenvalue weighted by Gasteiger charge is -2.19. The Bertz CT molecular complexity index is 889. The first-order chi connectivity index (χ1) is 12.1. The summed E-state index contributed by atoms with van der Waals surface area (Å²) >= 11 is 0. The van der Waals surface area contributed by atoms with Gasteiger partial charge in [0.2, 0.25) is 0 Å². The van der Waals surface area contributed by atoms with Gasteiger partial charge in [-0.2, -0.15) is 0 Å². The number of fused-ring (bicyclic) bond motifs is 1. The maximum absolute atomic E-state index is 12.6. The molecule has 0 saturated carbocycles. The number of aromatic amines is 1. The Morgan fingerprint density at radius 1 is 1.28 bits per heavy atom. The number of benzene rings is 2. The van der Waals surface area contributed by atoms with Crippen molar-refractivity contribution in [3.05, 3.63) is 54.2 Å². The molecule has 1 aromatic heterocycles. The van der Waals surface area contributed by atoms with Gasteiger partial charge in [-0.15, -0.1) is 0 Å². The summed E-state index contributed by atoms with van der Waals surface area (Å²) in [6.07, 6.45) is 1.83. The first kappa shape index (κ1) is 16.7. The zero-order chi connectivity index (χ0) is 17.8. The Labute approximate surface area is 145 Å². The smallest absolute Gasteiger partial charge is 0.333 e. The van der Waals surface area contributed by atoms with E-state index in [4.69, 9.17) is 15.2 Å². The van der Waals surface area contributed by atoms with Crippen LogP contribution in [0.4, 0.5) is 11.4 Å². The fraction of sp³-hybridized carbons (Fsp3) is 0.211. The highest BCUT2D eigenvalue weighted by atomic mass is 16.5. The van der Waals surface area contributed by atoms with Gasteiger partial charge >= 0.3 is 5.97 Å². The average molecular weight is 339 g/mol. The quantitative estimate of drug-likeness (QED) is 0.472. The Balaban J connectivity index is 1.99. The number of para-hydroxylation sites is 1. The molecule has 1 atom stereocenters. The van der Waals surface area contributed by atoms with Crippen LogP contribution in [0.2, 0.25) is 0 Å². The summed E-state index contributed by atoms with van der Waals surface area (Å²) in [6.45, 7) is 2.10. The molecule has 0 fully saturated rings. The van der Waals surface area contributed by atoms with E-state index in [0.29, 0.717) is 18.0 Å². The van der Waals surface area contributed by atoms with Gasteiger partial charge in [-0.1, -0.05) is 18.2 Å². The van der Waals surface area contributed by atoms with E-state index in [1.165, 1.54) is 0 Å². The van der Waals surface area contributed by atoms with Crippen LogP contribution < -0.4 is 15.8 Å². The Hall–Kier alpha value is -3.15. The molecule has 25 heavy (non-hydrogen) atoms. The fourth-order valence-electron chi connectivity index (χ4n) is 2.79. The Kier molecular flexibility index (Phi) is 4.79. The molecule has 0 bridgehead atoms. The van der Waals surface area contributed by atoms with Crippen LogP contribution in [0.1, 0.15) is 18.5 Å². The summed E-state index contributed by atoms with van der Waals surface area (Å²) in [5, 5.41) is 4.20. The molecule has 0 saturated heterocycles. The summed E-state index contributed by atoms with van der Waals surface area (Å²) in [5.41, 5.74) is 8.90. The zero-order valence-corrected chi connectivity index (χ0v) is 14.2. The number of methoxy groups -OCH3 is 1. The summed E-state index contributed by atoms with van der Waals surface area (Å²) < 4.78 is 10.5. The molecular formula is C19H21N3O3. The van der Waals surface area contributed by atoms with E-state index >= 15 is 0 Å². The summed E-state index contributed by atoms with van der Waals surface area (Å²) in [6, 6.07) is 12.5. The molecule has 3 rings (SSSR count). The van der Waals surface area contributed by atoms with Gasteiger partial charge in [-0.3, -0.25) is 0 Å². The van der Waals surface area contributed by atoms with E-state index in [1.807, 2.05) is 30.5 Å². The van der Waals surface area contributed by atoms with Crippen molar-refractivity contribution in [2.45, 2.75) is 13.0 Å². The second-order valence-electron chi connectivity index (χ2n) is 5.58. The second-order valence-corrected chi connectivity index (χ2v) is 5.58. The topological polar surface area (TPSA) is 89.4 Å². The first-order valence-corrected chi connectivity index (χ1v) is 8.06. The van der Waals surface area contributed by atoms with Crippen LogP contribution in [0.15, 0.2) is 48.7 Å². The van der Waals surface area contributed by atoms with Crippen LogP contribution in [0.25, 0.3) is 10.9 Å². The number of hydrogen-bond donors (Lipinski definition) is 3. The van der Waals surface area contributed by atoms with Gasteiger partial charge in [0.1, 0.15) is 5.75 Å². The molecule has 0 aliphatic carbocycles. The van der Waals surface area contributed by atoms with Crippen molar-refractivity contribution in [1.82, 2.24) is 4.98 Å². The number of aromatic nitrogens is 1. The summed E-state index contributed by atoms with van der Waals surface area (Å²) in [5.74, 6) is 0.203. The van der Waals surface area contributed by atoms with Crippen molar-refractivity contribution in [3.63, 3.8) is 0 Å². The molecule has 0 spiro atoms. The van der Waals surface area contributed by atoms with Gasteiger partial charge < -0.3 is 25.5 Å². The van der Waals surface area contributed by atoms with E-state index in [2.05, 4.69) is 10.3 Å². The van der Waals surface area contributed by atoms with E-state index in [-0.39, 0.29) is 5.97 Å². The molecule has 0 aliphatic rings. The second kappa shape index (κ2) is 7.17. The van der Waals surface area contributed by atoms with E-state index in [9.17, 15) is 4.79 Å². The standard InChI is InChI=1S/C19H21N3O3/c1-3-25-19(23)18(14-11-21-16-7-5-4-6-13(14)16)22-12-8-9-15(20)17(10-12)24-2/h4-11,18,21-22H,3,20H2,1-2H3. The van der Waals surface area contributed by atoms with E-state index in [1.54, 1.807) is 32.2 Å². The maximum atomic E-state index is 12.6. The zero-order valence-electron chi connectivity index (χ0n) is 14.2. The van der Waals surface area contributed by atoms with Crippen molar-refractivity contribution >= 4 is 28.2 Å². The normalized spacial score (nSPS) is 11.9. The SMILES string of the molecule is CCOC(=O)C(Nc1ccc(N)c(OC)c1)c1c[nH]c2ccccc12. The van der Waals surface area contributed by atoms with Crippen LogP contribution in [0.5, 0.6) is 5.75 Å². The largest absolute Gasteiger partial charge is 0.495 e. The lowest BCUT2D eigenvalue weighted by molar-refractivity contribution is -0.144. The molecule has 0 amide bonds. The first-order valence-electron chi connectivity index (χ1n) is 8.06. The maximum Gasteiger partial charge on any atom is 0.333 e.